The quantitative estimate of drug-likeness (QED) is 0.578. The molecule has 1 rings (SSSR count). The predicted octanol–water partition coefficient (Wildman–Crippen LogP) is 3.68. The number of aliphatic hydroxyl groups excluding tert-OH is 1. The minimum Gasteiger partial charge on any atom is -0.491 e. The topological polar surface area (TPSA) is 55.5 Å². The standard InChI is InChI=1S/C18H31NO2/c1-2-3-4-5-6-7-8-9-16-10-12-18(13-11-16)21-15-17(20)14-19/h10-13,17,20H,2-9,14-15,19H2,1H3/t17-/m0/s1. The maximum absolute atomic E-state index is 9.34. The number of aryl methyl sites for hydroxylation is 1. The van der Waals surface area contributed by atoms with Crippen LogP contribution in [-0.2, 0) is 6.42 Å². The lowest BCUT2D eigenvalue weighted by Gasteiger charge is -2.10. The van der Waals surface area contributed by atoms with Gasteiger partial charge in [0.15, 0.2) is 0 Å². The lowest BCUT2D eigenvalue weighted by molar-refractivity contribution is 0.114. The molecule has 1 atom stereocenters. The van der Waals surface area contributed by atoms with E-state index in [1.54, 1.807) is 0 Å². The highest BCUT2D eigenvalue weighted by atomic mass is 16.5. The van der Waals surface area contributed by atoms with Crippen LogP contribution in [0.25, 0.3) is 0 Å². The monoisotopic (exact) mass is 293 g/mol. The van der Waals surface area contributed by atoms with Gasteiger partial charge >= 0.3 is 0 Å². The third-order valence-corrected chi connectivity index (χ3v) is 3.71. The highest BCUT2D eigenvalue weighted by molar-refractivity contribution is 5.27. The Hall–Kier alpha value is -1.06. The second kappa shape index (κ2) is 11.6. The van der Waals surface area contributed by atoms with Crippen molar-refractivity contribution in [3.8, 4) is 5.75 Å². The molecule has 0 heterocycles. The van der Waals surface area contributed by atoms with Gasteiger partial charge in [0.1, 0.15) is 18.5 Å². The average Bonchev–Trinajstić information content (AvgIpc) is 2.52. The van der Waals surface area contributed by atoms with E-state index in [4.69, 9.17) is 10.5 Å². The molecule has 21 heavy (non-hydrogen) atoms. The van der Waals surface area contributed by atoms with Crippen LogP contribution in [0.5, 0.6) is 5.75 Å². The van der Waals surface area contributed by atoms with Gasteiger partial charge in [-0.2, -0.15) is 0 Å². The number of hydrogen-bond donors (Lipinski definition) is 2. The van der Waals surface area contributed by atoms with Crippen molar-refractivity contribution in [3.63, 3.8) is 0 Å². The predicted molar refractivity (Wildman–Crippen MR) is 88.7 cm³/mol. The summed E-state index contributed by atoms with van der Waals surface area (Å²) >= 11 is 0. The first-order valence-electron chi connectivity index (χ1n) is 8.36. The van der Waals surface area contributed by atoms with E-state index >= 15 is 0 Å². The zero-order chi connectivity index (χ0) is 15.3. The molecule has 0 radical (unpaired) electrons. The molecule has 0 spiro atoms. The zero-order valence-electron chi connectivity index (χ0n) is 13.4. The van der Waals surface area contributed by atoms with E-state index in [2.05, 4.69) is 19.1 Å². The summed E-state index contributed by atoms with van der Waals surface area (Å²) in [5, 5.41) is 9.34. The first-order chi connectivity index (χ1) is 10.3. The molecule has 0 aromatic heterocycles. The largest absolute Gasteiger partial charge is 0.491 e. The van der Waals surface area contributed by atoms with Gasteiger partial charge in [-0.05, 0) is 30.5 Å². The van der Waals surface area contributed by atoms with Gasteiger partial charge in [0, 0.05) is 6.54 Å². The Morgan fingerprint density at radius 3 is 2.24 bits per heavy atom. The molecule has 0 fully saturated rings. The fraction of sp³-hybridized carbons (Fsp3) is 0.667. The molecule has 0 saturated heterocycles. The first-order valence-corrected chi connectivity index (χ1v) is 8.36. The molecule has 0 bridgehead atoms. The van der Waals surface area contributed by atoms with Crippen LogP contribution in [0.4, 0.5) is 0 Å². The van der Waals surface area contributed by atoms with E-state index in [0.717, 1.165) is 12.2 Å². The van der Waals surface area contributed by atoms with Crippen LogP contribution >= 0.6 is 0 Å². The Labute approximate surface area is 129 Å². The molecule has 0 aliphatic rings. The summed E-state index contributed by atoms with van der Waals surface area (Å²) < 4.78 is 5.46. The van der Waals surface area contributed by atoms with Crippen molar-refractivity contribution in [2.24, 2.45) is 5.73 Å². The van der Waals surface area contributed by atoms with Gasteiger partial charge in [-0.1, -0.05) is 57.6 Å². The van der Waals surface area contributed by atoms with Crippen molar-refractivity contribution in [1.82, 2.24) is 0 Å². The SMILES string of the molecule is CCCCCCCCCc1ccc(OC[C@@H](O)CN)cc1. The van der Waals surface area contributed by atoms with Gasteiger partial charge in [0.05, 0.1) is 0 Å². The molecular weight excluding hydrogens is 262 g/mol. The van der Waals surface area contributed by atoms with E-state index in [9.17, 15) is 5.11 Å². The van der Waals surface area contributed by atoms with Crippen molar-refractivity contribution < 1.29 is 9.84 Å². The van der Waals surface area contributed by atoms with E-state index in [1.165, 1.54) is 50.5 Å². The first kappa shape index (κ1) is 18.0. The molecule has 120 valence electrons. The number of ether oxygens (including phenoxy) is 1. The minimum absolute atomic E-state index is 0.232. The number of aliphatic hydroxyl groups is 1. The Morgan fingerprint density at radius 2 is 1.62 bits per heavy atom. The van der Waals surface area contributed by atoms with E-state index in [1.807, 2.05) is 12.1 Å². The second-order valence-electron chi connectivity index (χ2n) is 5.72. The van der Waals surface area contributed by atoms with Crippen molar-refractivity contribution in [3.05, 3.63) is 29.8 Å². The molecule has 0 aliphatic carbocycles. The Bertz CT molecular complexity index is 351. The molecule has 0 aliphatic heterocycles. The van der Waals surface area contributed by atoms with E-state index < -0.39 is 6.10 Å². The normalized spacial score (nSPS) is 12.3. The highest BCUT2D eigenvalue weighted by Crippen LogP contribution is 2.15. The van der Waals surface area contributed by atoms with Crippen molar-refractivity contribution in [1.29, 1.82) is 0 Å². The fourth-order valence-electron chi connectivity index (χ4n) is 2.30. The van der Waals surface area contributed by atoms with Crippen LogP contribution in [0.15, 0.2) is 24.3 Å². The molecule has 1 aromatic carbocycles. The van der Waals surface area contributed by atoms with Crippen LogP contribution < -0.4 is 10.5 Å². The lowest BCUT2D eigenvalue weighted by Crippen LogP contribution is -2.26. The lowest BCUT2D eigenvalue weighted by atomic mass is 10.0. The second-order valence-corrected chi connectivity index (χ2v) is 5.72. The summed E-state index contributed by atoms with van der Waals surface area (Å²) in [4.78, 5) is 0. The van der Waals surface area contributed by atoms with Crippen molar-refractivity contribution >= 4 is 0 Å². The van der Waals surface area contributed by atoms with Crippen molar-refractivity contribution in [2.45, 2.75) is 64.4 Å². The van der Waals surface area contributed by atoms with Crippen LogP contribution in [0.3, 0.4) is 0 Å². The summed E-state index contributed by atoms with van der Waals surface area (Å²) in [5.41, 5.74) is 6.69. The summed E-state index contributed by atoms with van der Waals surface area (Å²) in [6.07, 6.45) is 9.95. The Kier molecular flexibility index (Phi) is 9.92. The maximum atomic E-state index is 9.34. The number of rotatable bonds is 12. The van der Waals surface area contributed by atoms with Crippen LogP contribution in [0, 0.1) is 0 Å². The zero-order valence-corrected chi connectivity index (χ0v) is 13.4. The molecule has 0 unspecified atom stereocenters. The van der Waals surface area contributed by atoms with Crippen LogP contribution in [0.1, 0.15) is 57.4 Å². The Balaban J connectivity index is 2.13. The molecule has 0 amide bonds. The number of benzene rings is 1. The third-order valence-electron chi connectivity index (χ3n) is 3.71. The molecule has 1 aromatic rings. The van der Waals surface area contributed by atoms with Crippen LogP contribution in [-0.4, -0.2) is 24.4 Å². The van der Waals surface area contributed by atoms with Gasteiger partial charge in [-0.25, -0.2) is 0 Å². The van der Waals surface area contributed by atoms with Gasteiger partial charge in [0.25, 0.3) is 0 Å². The smallest absolute Gasteiger partial charge is 0.119 e. The molecule has 3 nitrogen and oxygen atoms in total. The molecule has 0 saturated carbocycles. The van der Waals surface area contributed by atoms with E-state index in [0.29, 0.717) is 0 Å². The average molecular weight is 293 g/mol. The summed E-state index contributed by atoms with van der Waals surface area (Å²) in [6, 6.07) is 8.17. The van der Waals surface area contributed by atoms with Gasteiger partial charge in [-0.15, -0.1) is 0 Å². The number of hydrogen-bond acceptors (Lipinski definition) is 3. The molecular formula is C18H31NO2. The summed E-state index contributed by atoms with van der Waals surface area (Å²) in [7, 11) is 0. The van der Waals surface area contributed by atoms with Crippen LogP contribution in [0.2, 0.25) is 0 Å². The number of unbranched alkanes of at least 4 members (excludes halogenated alkanes) is 6. The highest BCUT2D eigenvalue weighted by Gasteiger charge is 2.02. The van der Waals surface area contributed by atoms with Crippen molar-refractivity contribution in [2.75, 3.05) is 13.2 Å². The Morgan fingerprint density at radius 1 is 1.00 bits per heavy atom. The summed E-state index contributed by atoms with van der Waals surface area (Å²) in [6.45, 7) is 2.74. The van der Waals surface area contributed by atoms with Gasteiger partial charge in [0.2, 0.25) is 0 Å². The molecule has 3 heteroatoms. The van der Waals surface area contributed by atoms with E-state index in [-0.39, 0.29) is 13.2 Å². The van der Waals surface area contributed by atoms with Gasteiger partial charge in [-0.3, -0.25) is 0 Å². The minimum atomic E-state index is -0.586. The number of nitrogens with two attached hydrogens (primary N) is 1. The summed E-state index contributed by atoms with van der Waals surface area (Å²) in [5.74, 6) is 0.797. The fourth-order valence-corrected chi connectivity index (χ4v) is 2.30. The van der Waals surface area contributed by atoms with Gasteiger partial charge < -0.3 is 15.6 Å². The molecule has 3 N–H and O–H groups in total. The third kappa shape index (κ3) is 8.74. The maximum Gasteiger partial charge on any atom is 0.119 e.